The van der Waals surface area contributed by atoms with Crippen molar-refractivity contribution in [2.24, 2.45) is 0 Å². The molecule has 0 atom stereocenters. The van der Waals surface area contributed by atoms with Gasteiger partial charge in [0.05, 0.1) is 0 Å². The maximum atomic E-state index is 5.19. The lowest BCUT2D eigenvalue weighted by Gasteiger charge is -2.11. The van der Waals surface area contributed by atoms with Crippen LogP contribution in [0.1, 0.15) is 17.5 Å². The summed E-state index contributed by atoms with van der Waals surface area (Å²) in [7, 11) is 3.14. The number of hydrogen-bond acceptors (Lipinski definition) is 4. The first-order chi connectivity index (χ1) is 8.26. The zero-order valence-electron chi connectivity index (χ0n) is 10.1. The number of methoxy groups -OCH3 is 2. The summed E-state index contributed by atoms with van der Waals surface area (Å²) in [4.78, 5) is 0. The number of nitrogens with zero attached hydrogens (tertiary/aromatic N) is 2. The summed E-state index contributed by atoms with van der Waals surface area (Å²) in [6.45, 7) is 2.04. The van der Waals surface area contributed by atoms with Crippen LogP contribution in [0.2, 0.25) is 0 Å². The molecule has 5 nitrogen and oxygen atoms in total. The molecule has 90 valence electrons. The van der Waals surface area contributed by atoms with Gasteiger partial charge in [0.2, 0.25) is 6.29 Å². The number of hydrogen-bond donors (Lipinski definition) is 1. The Balaban J connectivity index is 2.43. The number of H-pyrrole nitrogens is 1. The van der Waals surface area contributed by atoms with Gasteiger partial charge in [-0.05, 0) is 13.0 Å². The Morgan fingerprint density at radius 2 is 1.94 bits per heavy atom. The van der Waals surface area contributed by atoms with Crippen molar-refractivity contribution in [2.75, 3.05) is 14.2 Å². The van der Waals surface area contributed by atoms with E-state index in [1.54, 1.807) is 14.2 Å². The molecule has 0 saturated heterocycles. The van der Waals surface area contributed by atoms with Crippen LogP contribution in [0.25, 0.3) is 11.3 Å². The Morgan fingerprint density at radius 1 is 1.18 bits per heavy atom. The molecule has 0 spiro atoms. The lowest BCUT2D eigenvalue weighted by Crippen LogP contribution is -2.05. The summed E-state index contributed by atoms with van der Waals surface area (Å²) >= 11 is 0. The van der Waals surface area contributed by atoms with Crippen LogP contribution in [0.4, 0.5) is 0 Å². The van der Waals surface area contributed by atoms with Gasteiger partial charge in [-0.1, -0.05) is 23.8 Å². The zero-order chi connectivity index (χ0) is 12.3. The predicted molar refractivity (Wildman–Crippen MR) is 63.3 cm³/mol. The van der Waals surface area contributed by atoms with Crippen LogP contribution in [0.3, 0.4) is 0 Å². The molecule has 2 rings (SSSR count). The highest BCUT2D eigenvalue weighted by atomic mass is 16.7. The molecule has 0 aliphatic rings. The molecule has 1 aromatic carbocycles. The van der Waals surface area contributed by atoms with E-state index in [9.17, 15) is 0 Å². The second kappa shape index (κ2) is 5.07. The van der Waals surface area contributed by atoms with Crippen molar-refractivity contribution in [3.63, 3.8) is 0 Å². The van der Waals surface area contributed by atoms with Crippen molar-refractivity contribution in [3.05, 3.63) is 35.5 Å². The molecule has 0 aliphatic heterocycles. The lowest BCUT2D eigenvalue weighted by molar-refractivity contribution is -0.108. The topological polar surface area (TPSA) is 60.0 Å². The Hall–Kier alpha value is -1.72. The molecule has 1 heterocycles. The van der Waals surface area contributed by atoms with Crippen LogP contribution < -0.4 is 0 Å². The smallest absolute Gasteiger partial charge is 0.204 e. The van der Waals surface area contributed by atoms with Gasteiger partial charge in [0.25, 0.3) is 0 Å². The van der Waals surface area contributed by atoms with Gasteiger partial charge < -0.3 is 9.47 Å². The van der Waals surface area contributed by atoms with Gasteiger partial charge in [-0.2, -0.15) is 15.4 Å². The third kappa shape index (κ3) is 2.35. The lowest BCUT2D eigenvalue weighted by atomic mass is 10.1. The van der Waals surface area contributed by atoms with Gasteiger partial charge in [0.1, 0.15) is 11.4 Å². The summed E-state index contributed by atoms with van der Waals surface area (Å²) in [5, 5.41) is 10.8. The Bertz CT molecular complexity index is 492. The van der Waals surface area contributed by atoms with Crippen LogP contribution in [0.15, 0.2) is 24.3 Å². The van der Waals surface area contributed by atoms with Gasteiger partial charge in [0.15, 0.2) is 0 Å². The fourth-order valence-electron chi connectivity index (χ4n) is 1.73. The van der Waals surface area contributed by atoms with Gasteiger partial charge in [-0.25, -0.2) is 0 Å². The van der Waals surface area contributed by atoms with E-state index in [0.29, 0.717) is 5.69 Å². The number of aryl methyl sites for hydroxylation is 1. The van der Waals surface area contributed by atoms with Gasteiger partial charge >= 0.3 is 0 Å². The maximum Gasteiger partial charge on any atom is 0.204 e. The average molecular weight is 233 g/mol. The fourth-order valence-corrected chi connectivity index (χ4v) is 1.73. The zero-order valence-corrected chi connectivity index (χ0v) is 10.1. The quantitative estimate of drug-likeness (QED) is 0.821. The fraction of sp³-hybridized carbons (Fsp3) is 0.333. The van der Waals surface area contributed by atoms with Crippen LogP contribution >= 0.6 is 0 Å². The first-order valence-corrected chi connectivity index (χ1v) is 5.29. The van der Waals surface area contributed by atoms with Crippen LogP contribution in [-0.2, 0) is 9.47 Å². The molecule has 2 aromatic rings. The maximum absolute atomic E-state index is 5.19. The second-order valence-electron chi connectivity index (χ2n) is 3.73. The molecule has 1 N–H and O–H groups in total. The van der Waals surface area contributed by atoms with Gasteiger partial charge in [0, 0.05) is 19.8 Å². The van der Waals surface area contributed by atoms with Crippen LogP contribution in [0, 0.1) is 6.92 Å². The molecule has 0 amide bonds. The number of nitrogens with one attached hydrogen (secondary N) is 1. The monoisotopic (exact) mass is 233 g/mol. The molecule has 0 bridgehead atoms. The van der Waals surface area contributed by atoms with E-state index >= 15 is 0 Å². The largest absolute Gasteiger partial charge is 0.350 e. The molecule has 0 saturated carbocycles. The van der Waals surface area contributed by atoms with Crippen LogP contribution in [0.5, 0.6) is 0 Å². The molecular formula is C12H15N3O2. The van der Waals surface area contributed by atoms with E-state index in [1.807, 2.05) is 31.2 Å². The van der Waals surface area contributed by atoms with Crippen molar-refractivity contribution >= 4 is 0 Å². The molecule has 1 aromatic heterocycles. The summed E-state index contributed by atoms with van der Waals surface area (Å²) in [6, 6.07) is 8.05. The van der Waals surface area contributed by atoms with Crippen molar-refractivity contribution in [1.29, 1.82) is 0 Å². The summed E-state index contributed by atoms with van der Waals surface area (Å²) < 4.78 is 10.4. The highest BCUT2D eigenvalue weighted by Gasteiger charge is 2.19. The normalized spacial score (nSPS) is 11.1. The minimum atomic E-state index is -0.510. The highest BCUT2D eigenvalue weighted by Crippen LogP contribution is 2.26. The molecule has 0 fully saturated rings. The Labute approximate surface area is 99.8 Å². The van der Waals surface area contributed by atoms with E-state index < -0.39 is 6.29 Å². The van der Waals surface area contributed by atoms with E-state index in [0.717, 1.165) is 11.3 Å². The average Bonchev–Trinajstić information content (AvgIpc) is 2.80. The van der Waals surface area contributed by atoms with Gasteiger partial charge in [-0.3, -0.25) is 0 Å². The number of aromatic nitrogens is 3. The van der Waals surface area contributed by atoms with Crippen molar-refractivity contribution in [1.82, 2.24) is 15.4 Å². The van der Waals surface area contributed by atoms with E-state index in [1.165, 1.54) is 5.56 Å². The minimum absolute atomic E-state index is 0.510. The summed E-state index contributed by atoms with van der Waals surface area (Å²) in [6.07, 6.45) is -0.510. The number of aromatic amines is 1. The molecule has 0 radical (unpaired) electrons. The second-order valence-corrected chi connectivity index (χ2v) is 3.73. The Morgan fingerprint density at radius 3 is 2.59 bits per heavy atom. The first-order valence-electron chi connectivity index (χ1n) is 5.29. The van der Waals surface area contributed by atoms with Crippen molar-refractivity contribution in [2.45, 2.75) is 13.2 Å². The first kappa shape index (κ1) is 11.8. The van der Waals surface area contributed by atoms with E-state index in [2.05, 4.69) is 15.4 Å². The molecule has 5 heteroatoms. The molecule has 17 heavy (non-hydrogen) atoms. The summed E-state index contributed by atoms with van der Waals surface area (Å²) in [5.74, 6) is 0. The summed E-state index contributed by atoms with van der Waals surface area (Å²) in [5.41, 5.74) is 3.57. The van der Waals surface area contributed by atoms with E-state index in [-0.39, 0.29) is 0 Å². The molecular weight excluding hydrogens is 218 g/mol. The highest BCUT2D eigenvalue weighted by molar-refractivity contribution is 5.62. The van der Waals surface area contributed by atoms with E-state index in [4.69, 9.17) is 9.47 Å². The van der Waals surface area contributed by atoms with Crippen molar-refractivity contribution in [3.8, 4) is 11.3 Å². The number of ether oxygens (including phenoxy) is 2. The Kier molecular flexibility index (Phi) is 3.51. The third-order valence-electron chi connectivity index (χ3n) is 2.52. The van der Waals surface area contributed by atoms with Gasteiger partial charge in [-0.15, -0.1) is 0 Å². The molecule has 0 unspecified atom stereocenters. The number of benzene rings is 1. The van der Waals surface area contributed by atoms with Crippen LogP contribution in [-0.4, -0.2) is 29.6 Å². The number of rotatable bonds is 4. The third-order valence-corrected chi connectivity index (χ3v) is 2.52. The SMILES string of the molecule is COC(OC)c1n[nH]nc1-c1cccc(C)c1. The van der Waals surface area contributed by atoms with Crippen molar-refractivity contribution < 1.29 is 9.47 Å². The minimum Gasteiger partial charge on any atom is -0.350 e. The predicted octanol–water partition coefficient (Wildman–Crippen LogP) is 2.07. The standard InChI is InChI=1S/C12H15N3O2/c1-8-5-4-6-9(7-8)10-11(14-15-13-10)12(16-2)17-3/h4-7,12H,1-3H3,(H,13,14,15). The molecule has 0 aliphatic carbocycles.